The van der Waals surface area contributed by atoms with Crippen molar-refractivity contribution in [2.75, 3.05) is 32.0 Å². The predicted molar refractivity (Wildman–Crippen MR) is 95.5 cm³/mol. The van der Waals surface area contributed by atoms with Crippen molar-refractivity contribution < 1.29 is 18.0 Å². The van der Waals surface area contributed by atoms with Crippen molar-refractivity contribution in [3.63, 3.8) is 0 Å². The highest BCUT2D eigenvalue weighted by Crippen LogP contribution is 2.37. The summed E-state index contributed by atoms with van der Waals surface area (Å²) in [7, 11) is 2.06. The highest BCUT2D eigenvalue weighted by molar-refractivity contribution is 7.10. The molecule has 3 heterocycles. The van der Waals surface area contributed by atoms with Gasteiger partial charge in [0, 0.05) is 36.2 Å². The van der Waals surface area contributed by atoms with E-state index in [4.69, 9.17) is 0 Å². The molecule has 1 aromatic heterocycles. The number of hydrogen-bond donors (Lipinski definition) is 1. The van der Waals surface area contributed by atoms with Gasteiger partial charge in [0.25, 0.3) is 0 Å². The lowest BCUT2D eigenvalue weighted by Crippen LogP contribution is -2.37. The van der Waals surface area contributed by atoms with E-state index in [1.165, 1.54) is 18.2 Å². The van der Waals surface area contributed by atoms with Crippen molar-refractivity contribution in [3.8, 4) is 11.4 Å². The number of carbonyl (C=O) groups excluding carboxylic acids is 1. The fourth-order valence-corrected chi connectivity index (χ4v) is 4.39. The number of hydrogen-bond acceptors (Lipinski definition) is 5. The molecule has 0 aliphatic carbocycles. The van der Waals surface area contributed by atoms with Crippen LogP contribution in [0.1, 0.15) is 12.0 Å². The fraction of sp³-hybridized carbons (Fsp3) is 0.471. The number of halogens is 3. The Labute approximate surface area is 158 Å². The molecular weight excluding hydrogens is 379 g/mol. The number of nitrogens with one attached hydrogen (secondary N) is 1. The third-order valence-corrected chi connectivity index (χ3v) is 5.86. The van der Waals surface area contributed by atoms with E-state index in [1.807, 2.05) is 0 Å². The SMILES string of the molecule is CN1CC[C@@H]2CN(C(=O)Nc3nc(-c4ccccc4C(F)(F)F)ns3)C[C@@H]21. The summed E-state index contributed by atoms with van der Waals surface area (Å²) in [5, 5.41) is 2.86. The summed E-state index contributed by atoms with van der Waals surface area (Å²) >= 11 is 0.875. The summed E-state index contributed by atoms with van der Waals surface area (Å²) in [6.07, 6.45) is -3.42. The van der Waals surface area contributed by atoms with Crippen LogP contribution >= 0.6 is 11.5 Å². The van der Waals surface area contributed by atoms with E-state index >= 15 is 0 Å². The molecule has 0 radical (unpaired) electrons. The minimum Gasteiger partial charge on any atom is -0.323 e. The first-order valence-electron chi connectivity index (χ1n) is 8.59. The van der Waals surface area contributed by atoms with Crippen LogP contribution in [-0.4, -0.2) is 57.9 Å². The first-order chi connectivity index (χ1) is 12.8. The van der Waals surface area contributed by atoms with Crippen molar-refractivity contribution >= 4 is 22.7 Å². The van der Waals surface area contributed by atoms with Crippen LogP contribution in [0.5, 0.6) is 0 Å². The molecule has 2 aliphatic heterocycles. The van der Waals surface area contributed by atoms with Crippen LogP contribution < -0.4 is 5.32 Å². The quantitative estimate of drug-likeness (QED) is 0.844. The van der Waals surface area contributed by atoms with Gasteiger partial charge in [-0.05, 0) is 32.0 Å². The van der Waals surface area contributed by atoms with Gasteiger partial charge in [-0.2, -0.15) is 22.5 Å². The molecule has 4 rings (SSSR count). The number of urea groups is 1. The Morgan fingerprint density at radius 1 is 1.30 bits per heavy atom. The maximum Gasteiger partial charge on any atom is 0.417 e. The maximum atomic E-state index is 13.2. The second kappa shape index (κ2) is 6.75. The molecule has 2 saturated heterocycles. The molecular formula is C17H18F3N5OS. The molecule has 0 bridgehead atoms. The van der Waals surface area contributed by atoms with Crippen LogP contribution in [-0.2, 0) is 6.18 Å². The standard InChI is InChI=1S/C17H18F3N5OS/c1-24-7-6-10-8-25(9-13(10)24)16(26)22-15-21-14(23-27-15)11-4-2-3-5-12(11)17(18,19)20/h2-5,10,13H,6-9H2,1H3,(H,21,22,23,26)/t10-,13+/m1/s1. The van der Waals surface area contributed by atoms with Crippen molar-refractivity contribution in [2.45, 2.75) is 18.6 Å². The minimum absolute atomic E-state index is 0.0405. The third-order valence-electron chi connectivity index (χ3n) is 5.23. The van der Waals surface area contributed by atoms with Crippen LogP contribution in [0, 0.1) is 5.92 Å². The average Bonchev–Trinajstić information content (AvgIpc) is 3.32. The van der Waals surface area contributed by atoms with Crippen molar-refractivity contribution in [1.82, 2.24) is 19.2 Å². The van der Waals surface area contributed by atoms with Gasteiger partial charge in [0.1, 0.15) is 0 Å². The molecule has 6 nitrogen and oxygen atoms in total. The van der Waals surface area contributed by atoms with Crippen LogP contribution in [0.2, 0.25) is 0 Å². The number of aromatic nitrogens is 2. The first kappa shape index (κ1) is 18.2. The molecule has 1 N–H and O–H groups in total. The summed E-state index contributed by atoms with van der Waals surface area (Å²) in [5.41, 5.74) is -0.893. The number of rotatable bonds is 2. The molecule has 2 aliphatic rings. The number of alkyl halides is 3. The number of anilines is 1. The Morgan fingerprint density at radius 2 is 2.07 bits per heavy atom. The smallest absolute Gasteiger partial charge is 0.323 e. The summed E-state index contributed by atoms with van der Waals surface area (Å²) in [5.74, 6) is 0.436. The Kier molecular flexibility index (Phi) is 4.55. The van der Waals surface area contributed by atoms with Crippen LogP contribution in [0.3, 0.4) is 0 Å². The molecule has 0 spiro atoms. The topological polar surface area (TPSA) is 61.4 Å². The van der Waals surface area contributed by atoms with E-state index in [-0.39, 0.29) is 22.6 Å². The lowest BCUT2D eigenvalue weighted by atomic mass is 10.1. The normalized spacial score (nSPS) is 22.9. The number of likely N-dealkylation sites (tertiary alicyclic amines) is 2. The van der Waals surface area contributed by atoms with Gasteiger partial charge in [0.2, 0.25) is 5.13 Å². The lowest BCUT2D eigenvalue weighted by molar-refractivity contribution is -0.137. The zero-order chi connectivity index (χ0) is 19.2. The highest BCUT2D eigenvalue weighted by Gasteiger charge is 2.41. The fourth-order valence-electron chi connectivity index (χ4n) is 3.82. The van der Waals surface area contributed by atoms with E-state index in [2.05, 4.69) is 26.6 Å². The van der Waals surface area contributed by atoms with Crippen molar-refractivity contribution in [3.05, 3.63) is 29.8 Å². The molecule has 2 aromatic rings. The maximum absolute atomic E-state index is 13.2. The van der Waals surface area contributed by atoms with Crippen LogP contribution in [0.4, 0.5) is 23.1 Å². The van der Waals surface area contributed by atoms with Crippen LogP contribution in [0.15, 0.2) is 24.3 Å². The molecule has 2 fully saturated rings. The number of benzene rings is 1. The molecule has 2 amide bonds. The van der Waals surface area contributed by atoms with Gasteiger partial charge in [0.05, 0.1) is 5.56 Å². The van der Waals surface area contributed by atoms with Crippen molar-refractivity contribution in [1.29, 1.82) is 0 Å². The lowest BCUT2D eigenvalue weighted by Gasteiger charge is -2.20. The average molecular weight is 397 g/mol. The number of carbonyl (C=O) groups is 1. The summed E-state index contributed by atoms with van der Waals surface area (Å²) in [4.78, 5) is 20.6. The van der Waals surface area contributed by atoms with E-state index < -0.39 is 11.7 Å². The summed E-state index contributed by atoms with van der Waals surface area (Å²) < 4.78 is 43.5. The van der Waals surface area contributed by atoms with Gasteiger partial charge in [0.15, 0.2) is 5.82 Å². The minimum atomic E-state index is -4.50. The first-order valence-corrected chi connectivity index (χ1v) is 9.37. The molecule has 1 aromatic carbocycles. The Balaban J connectivity index is 1.47. The second-order valence-electron chi connectivity index (χ2n) is 6.90. The predicted octanol–water partition coefficient (Wildman–Crippen LogP) is 3.39. The molecule has 144 valence electrons. The molecule has 0 saturated carbocycles. The monoisotopic (exact) mass is 397 g/mol. The van der Waals surface area contributed by atoms with Crippen LogP contribution in [0.25, 0.3) is 11.4 Å². The molecule has 2 atom stereocenters. The Bertz CT molecular complexity index is 855. The number of likely N-dealkylation sites (N-methyl/N-ethyl adjacent to an activating group) is 1. The van der Waals surface area contributed by atoms with E-state index in [9.17, 15) is 18.0 Å². The number of fused-ring (bicyclic) bond motifs is 1. The largest absolute Gasteiger partial charge is 0.417 e. The second-order valence-corrected chi connectivity index (χ2v) is 7.65. The van der Waals surface area contributed by atoms with Gasteiger partial charge in [-0.3, -0.25) is 5.32 Å². The zero-order valence-corrected chi connectivity index (χ0v) is 15.3. The number of nitrogens with zero attached hydrogens (tertiary/aromatic N) is 4. The van der Waals surface area contributed by atoms with Gasteiger partial charge >= 0.3 is 12.2 Å². The van der Waals surface area contributed by atoms with E-state index in [0.29, 0.717) is 25.0 Å². The van der Waals surface area contributed by atoms with Gasteiger partial charge in [-0.25, -0.2) is 4.79 Å². The molecule has 10 heteroatoms. The Hall–Kier alpha value is -2.20. The highest BCUT2D eigenvalue weighted by atomic mass is 32.1. The molecule has 0 unspecified atom stereocenters. The third kappa shape index (κ3) is 3.51. The van der Waals surface area contributed by atoms with E-state index in [0.717, 1.165) is 30.6 Å². The number of amides is 2. The summed E-state index contributed by atoms with van der Waals surface area (Å²) in [6.45, 7) is 2.38. The molecule has 27 heavy (non-hydrogen) atoms. The van der Waals surface area contributed by atoms with Gasteiger partial charge < -0.3 is 9.80 Å². The van der Waals surface area contributed by atoms with E-state index in [1.54, 1.807) is 4.90 Å². The zero-order valence-electron chi connectivity index (χ0n) is 14.5. The van der Waals surface area contributed by atoms with Gasteiger partial charge in [-0.15, -0.1) is 0 Å². The summed E-state index contributed by atoms with van der Waals surface area (Å²) in [6, 6.07) is 5.23. The van der Waals surface area contributed by atoms with Gasteiger partial charge in [-0.1, -0.05) is 18.2 Å². The van der Waals surface area contributed by atoms with Crippen molar-refractivity contribution in [2.24, 2.45) is 5.92 Å². The Morgan fingerprint density at radius 3 is 2.81 bits per heavy atom.